The average Bonchev–Trinajstić information content (AvgIpc) is 2.61. The summed E-state index contributed by atoms with van der Waals surface area (Å²) in [5, 5.41) is 3.46. The lowest BCUT2D eigenvalue weighted by Crippen LogP contribution is -2.30. The first-order valence-electron chi connectivity index (χ1n) is 6.04. The third-order valence-corrected chi connectivity index (χ3v) is 4.71. The molecule has 1 saturated heterocycles. The van der Waals surface area contributed by atoms with Gasteiger partial charge in [-0.2, -0.15) is 0 Å². The average molecular weight is 239 g/mol. The summed E-state index contributed by atoms with van der Waals surface area (Å²) in [4.78, 5) is 2.90. The molecule has 2 unspecified atom stereocenters. The first kappa shape index (κ1) is 12.1. The van der Waals surface area contributed by atoms with Crippen LogP contribution in [0, 0.1) is 19.8 Å². The first-order chi connectivity index (χ1) is 7.72. The lowest BCUT2D eigenvalue weighted by atomic mass is 9.92. The molecule has 0 aliphatic carbocycles. The lowest BCUT2D eigenvalue weighted by molar-refractivity contribution is 0.0407. The second-order valence-electron chi connectivity index (χ2n) is 4.63. The Morgan fingerprint density at radius 2 is 2.31 bits per heavy atom. The van der Waals surface area contributed by atoms with Gasteiger partial charge in [0, 0.05) is 28.3 Å². The van der Waals surface area contributed by atoms with Crippen molar-refractivity contribution in [3.63, 3.8) is 0 Å². The highest BCUT2D eigenvalue weighted by molar-refractivity contribution is 7.12. The number of rotatable bonds is 3. The molecule has 0 spiro atoms. The molecule has 0 bridgehead atoms. The summed E-state index contributed by atoms with van der Waals surface area (Å²) < 4.78 is 5.59. The number of hydrogen-bond donors (Lipinski definition) is 1. The van der Waals surface area contributed by atoms with Crippen LogP contribution in [0.5, 0.6) is 0 Å². The summed E-state index contributed by atoms with van der Waals surface area (Å²) in [5.41, 5.74) is 1.41. The molecule has 1 aliphatic rings. The van der Waals surface area contributed by atoms with Crippen LogP contribution in [-0.2, 0) is 4.74 Å². The minimum Gasteiger partial charge on any atom is -0.381 e. The number of aryl methyl sites for hydroxylation is 2. The zero-order chi connectivity index (χ0) is 11.5. The van der Waals surface area contributed by atoms with Crippen molar-refractivity contribution in [2.75, 3.05) is 20.3 Å². The van der Waals surface area contributed by atoms with Gasteiger partial charge in [-0.15, -0.1) is 11.3 Å². The van der Waals surface area contributed by atoms with Crippen LogP contribution in [0.1, 0.15) is 34.2 Å². The Hall–Kier alpha value is -0.380. The van der Waals surface area contributed by atoms with Crippen LogP contribution >= 0.6 is 11.3 Å². The van der Waals surface area contributed by atoms with Crippen LogP contribution in [0.4, 0.5) is 0 Å². The van der Waals surface area contributed by atoms with Crippen molar-refractivity contribution < 1.29 is 4.74 Å². The molecule has 0 aromatic carbocycles. The zero-order valence-electron chi connectivity index (χ0n) is 10.4. The number of nitrogens with one attached hydrogen (secondary N) is 1. The SMILES string of the molecule is CNC(c1cc(C)c(C)s1)C1CCCOC1. The van der Waals surface area contributed by atoms with Gasteiger partial charge in [0.1, 0.15) is 0 Å². The molecule has 2 heterocycles. The molecule has 1 fully saturated rings. The van der Waals surface area contributed by atoms with E-state index in [1.165, 1.54) is 28.2 Å². The van der Waals surface area contributed by atoms with Crippen LogP contribution in [-0.4, -0.2) is 20.3 Å². The predicted octanol–water partition coefficient (Wildman–Crippen LogP) is 3.05. The van der Waals surface area contributed by atoms with E-state index in [9.17, 15) is 0 Å². The molecular weight excluding hydrogens is 218 g/mol. The van der Waals surface area contributed by atoms with Crippen molar-refractivity contribution in [3.05, 3.63) is 21.4 Å². The van der Waals surface area contributed by atoms with Crippen LogP contribution in [0.2, 0.25) is 0 Å². The maximum absolute atomic E-state index is 5.59. The van der Waals surface area contributed by atoms with Crippen molar-refractivity contribution in [3.8, 4) is 0 Å². The van der Waals surface area contributed by atoms with E-state index in [-0.39, 0.29) is 0 Å². The highest BCUT2D eigenvalue weighted by atomic mass is 32.1. The third kappa shape index (κ3) is 2.47. The van der Waals surface area contributed by atoms with E-state index in [2.05, 4.69) is 32.3 Å². The highest BCUT2D eigenvalue weighted by Crippen LogP contribution is 2.34. The van der Waals surface area contributed by atoms with Gasteiger partial charge in [0.05, 0.1) is 6.61 Å². The van der Waals surface area contributed by atoms with Crippen LogP contribution in [0.3, 0.4) is 0 Å². The van der Waals surface area contributed by atoms with Crippen molar-refractivity contribution >= 4 is 11.3 Å². The molecule has 16 heavy (non-hydrogen) atoms. The second kappa shape index (κ2) is 5.30. The molecule has 0 amide bonds. The van der Waals surface area contributed by atoms with Gasteiger partial charge in [-0.3, -0.25) is 0 Å². The normalized spacial score (nSPS) is 23.3. The van der Waals surface area contributed by atoms with E-state index in [0.717, 1.165) is 13.2 Å². The Balaban J connectivity index is 2.14. The maximum atomic E-state index is 5.59. The summed E-state index contributed by atoms with van der Waals surface area (Å²) in [5.74, 6) is 0.635. The lowest BCUT2D eigenvalue weighted by Gasteiger charge is -2.29. The molecular formula is C13H21NOS. The summed E-state index contributed by atoms with van der Waals surface area (Å²) in [6, 6.07) is 2.80. The van der Waals surface area contributed by atoms with Gasteiger partial charge in [0.2, 0.25) is 0 Å². The number of ether oxygens (including phenoxy) is 1. The predicted molar refractivity (Wildman–Crippen MR) is 69.1 cm³/mol. The topological polar surface area (TPSA) is 21.3 Å². The Morgan fingerprint density at radius 3 is 2.81 bits per heavy atom. The Bertz CT molecular complexity index is 322. The van der Waals surface area contributed by atoms with E-state index >= 15 is 0 Å². The summed E-state index contributed by atoms with van der Waals surface area (Å²) in [7, 11) is 2.06. The van der Waals surface area contributed by atoms with Gasteiger partial charge in [-0.25, -0.2) is 0 Å². The zero-order valence-corrected chi connectivity index (χ0v) is 11.2. The maximum Gasteiger partial charge on any atom is 0.0512 e. The van der Waals surface area contributed by atoms with Gasteiger partial charge >= 0.3 is 0 Å². The van der Waals surface area contributed by atoms with E-state index < -0.39 is 0 Å². The van der Waals surface area contributed by atoms with E-state index in [1.54, 1.807) is 0 Å². The largest absolute Gasteiger partial charge is 0.381 e. The van der Waals surface area contributed by atoms with Gasteiger partial charge < -0.3 is 10.1 Å². The minimum absolute atomic E-state index is 0.470. The number of hydrogen-bond acceptors (Lipinski definition) is 3. The molecule has 90 valence electrons. The molecule has 1 aromatic rings. The smallest absolute Gasteiger partial charge is 0.0512 e. The fraction of sp³-hybridized carbons (Fsp3) is 0.692. The van der Waals surface area contributed by atoms with Gasteiger partial charge in [-0.05, 0) is 45.4 Å². The molecule has 0 saturated carbocycles. The van der Waals surface area contributed by atoms with Crippen molar-refractivity contribution in [2.24, 2.45) is 5.92 Å². The molecule has 2 atom stereocenters. The van der Waals surface area contributed by atoms with Gasteiger partial charge in [0.15, 0.2) is 0 Å². The second-order valence-corrected chi connectivity index (χ2v) is 5.92. The molecule has 1 aromatic heterocycles. The van der Waals surface area contributed by atoms with Crippen LogP contribution < -0.4 is 5.32 Å². The Kier molecular flexibility index (Phi) is 4.00. The molecule has 0 radical (unpaired) electrons. The standard InChI is InChI=1S/C13H21NOS/c1-9-7-12(16-10(9)2)13(14-3)11-5-4-6-15-8-11/h7,11,13-14H,4-6,8H2,1-3H3. The molecule has 1 aliphatic heterocycles. The van der Waals surface area contributed by atoms with Crippen molar-refractivity contribution in [1.29, 1.82) is 0 Å². The van der Waals surface area contributed by atoms with Crippen molar-refractivity contribution in [1.82, 2.24) is 5.32 Å². The molecule has 2 nitrogen and oxygen atoms in total. The van der Waals surface area contributed by atoms with Gasteiger partial charge in [0.25, 0.3) is 0 Å². The monoisotopic (exact) mass is 239 g/mol. The summed E-state index contributed by atoms with van der Waals surface area (Å²) in [6.45, 7) is 6.24. The molecule has 3 heteroatoms. The van der Waals surface area contributed by atoms with Crippen LogP contribution in [0.15, 0.2) is 6.07 Å². The van der Waals surface area contributed by atoms with Crippen LogP contribution in [0.25, 0.3) is 0 Å². The third-order valence-electron chi connectivity index (χ3n) is 3.47. The highest BCUT2D eigenvalue weighted by Gasteiger charge is 2.25. The fourth-order valence-corrected chi connectivity index (χ4v) is 3.64. The van der Waals surface area contributed by atoms with E-state index in [1.807, 2.05) is 11.3 Å². The quantitative estimate of drug-likeness (QED) is 0.875. The first-order valence-corrected chi connectivity index (χ1v) is 6.86. The van der Waals surface area contributed by atoms with E-state index in [0.29, 0.717) is 12.0 Å². The molecule has 2 rings (SSSR count). The summed E-state index contributed by atoms with van der Waals surface area (Å²) >= 11 is 1.92. The minimum atomic E-state index is 0.470. The Labute approximate surface area is 102 Å². The summed E-state index contributed by atoms with van der Waals surface area (Å²) in [6.07, 6.45) is 2.48. The fourth-order valence-electron chi connectivity index (χ4n) is 2.39. The van der Waals surface area contributed by atoms with Crippen molar-refractivity contribution in [2.45, 2.75) is 32.7 Å². The Morgan fingerprint density at radius 1 is 1.50 bits per heavy atom. The molecule has 1 N–H and O–H groups in total. The van der Waals surface area contributed by atoms with Gasteiger partial charge in [-0.1, -0.05) is 0 Å². The van der Waals surface area contributed by atoms with E-state index in [4.69, 9.17) is 4.74 Å². The number of thiophene rings is 1.